The van der Waals surface area contributed by atoms with Crippen molar-refractivity contribution in [1.29, 1.82) is 0 Å². The summed E-state index contributed by atoms with van der Waals surface area (Å²) in [6.45, 7) is 5.12. The summed E-state index contributed by atoms with van der Waals surface area (Å²) in [5.41, 5.74) is 1.59. The van der Waals surface area contributed by atoms with Crippen LogP contribution in [0.25, 0.3) is 0 Å². The van der Waals surface area contributed by atoms with Gasteiger partial charge in [-0.1, -0.05) is 53.9 Å². The first kappa shape index (κ1) is 33.0. The maximum Gasteiger partial charge on any atom is 0.264 e. The fourth-order valence-corrected chi connectivity index (χ4v) is 6.13. The van der Waals surface area contributed by atoms with Crippen molar-refractivity contribution in [2.24, 2.45) is 0 Å². The minimum absolute atomic E-state index is 0.0149. The van der Waals surface area contributed by atoms with Gasteiger partial charge in [-0.25, -0.2) is 8.42 Å². The van der Waals surface area contributed by atoms with Crippen molar-refractivity contribution in [2.45, 2.75) is 44.7 Å². The number of anilines is 1. The number of amides is 2. The molecule has 226 valence electrons. The number of ether oxygens (including phenoxy) is 2. The van der Waals surface area contributed by atoms with Gasteiger partial charge < -0.3 is 19.7 Å². The molecule has 2 amide bonds. The van der Waals surface area contributed by atoms with Crippen LogP contribution < -0.4 is 19.1 Å². The van der Waals surface area contributed by atoms with Crippen LogP contribution in [0.3, 0.4) is 0 Å². The number of carbonyl (C=O) groups is 2. The highest BCUT2D eigenvalue weighted by Crippen LogP contribution is 2.36. The molecule has 0 saturated heterocycles. The number of carbonyl (C=O) groups excluding carboxylic acids is 2. The van der Waals surface area contributed by atoms with Crippen LogP contribution in [0.1, 0.15) is 31.4 Å². The molecule has 0 radical (unpaired) electrons. The molecule has 9 nitrogen and oxygen atoms in total. The van der Waals surface area contributed by atoms with Crippen molar-refractivity contribution in [3.05, 3.63) is 81.8 Å². The third kappa shape index (κ3) is 7.67. The monoisotopic (exact) mass is 635 g/mol. The van der Waals surface area contributed by atoms with Crippen molar-refractivity contribution in [3.63, 3.8) is 0 Å². The minimum atomic E-state index is -4.29. The summed E-state index contributed by atoms with van der Waals surface area (Å²) in [6, 6.07) is 15.0. The van der Waals surface area contributed by atoms with Crippen LogP contribution in [0.5, 0.6) is 11.5 Å². The van der Waals surface area contributed by atoms with E-state index in [1.165, 1.54) is 37.3 Å². The highest BCUT2D eigenvalue weighted by molar-refractivity contribution is 7.92. The van der Waals surface area contributed by atoms with E-state index in [0.29, 0.717) is 22.9 Å². The first-order valence-corrected chi connectivity index (χ1v) is 15.5. The highest BCUT2D eigenvalue weighted by Gasteiger charge is 2.35. The Balaban J connectivity index is 2.16. The summed E-state index contributed by atoms with van der Waals surface area (Å²) in [6.07, 6.45) is 0.284. The first-order valence-electron chi connectivity index (χ1n) is 13.3. The van der Waals surface area contributed by atoms with Crippen molar-refractivity contribution >= 4 is 50.7 Å². The van der Waals surface area contributed by atoms with E-state index >= 15 is 0 Å². The standard InChI is InChI=1S/C30H35Cl2N3O6S/c1-6-26(30(37)33-7-2)34(18-21-10-14-24(31)25(32)16-21)29(36)19-35(27-17-22(40-4)11-15-28(27)41-5)42(38,39)23-12-8-20(3)9-13-23/h8-17,26H,6-7,18-19H2,1-5H3,(H,33,37)/t26-/m1/s1. The molecule has 0 aliphatic heterocycles. The Morgan fingerprint density at radius 3 is 2.19 bits per heavy atom. The van der Waals surface area contributed by atoms with Crippen molar-refractivity contribution in [1.82, 2.24) is 10.2 Å². The van der Waals surface area contributed by atoms with Crippen molar-refractivity contribution in [3.8, 4) is 11.5 Å². The summed E-state index contributed by atoms with van der Waals surface area (Å²) in [4.78, 5) is 28.6. The lowest BCUT2D eigenvalue weighted by Crippen LogP contribution is -2.52. The lowest BCUT2D eigenvalue weighted by Gasteiger charge is -2.33. The molecular weight excluding hydrogens is 601 g/mol. The average molecular weight is 637 g/mol. The summed E-state index contributed by atoms with van der Waals surface area (Å²) in [5, 5.41) is 3.40. The molecule has 1 N–H and O–H groups in total. The smallest absolute Gasteiger partial charge is 0.264 e. The zero-order valence-electron chi connectivity index (χ0n) is 24.2. The SMILES string of the molecule is CCNC(=O)[C@@H](CC)N(Cc1ccc(Cl)c(Cl)c1)C(=O)CN(c1cc(OC)ccc1OC)S(=O)(=O)c1ccc(C)cc1. The molecular formula is C30H35Cl2N3O6S. The number of aryl methyl sites for hydroxylation is 1. The molecule has 1 atom stereocenters. The lowest BCUT2D eigenvalue weighted by molar-refractivity contribution is -0.140. The summed E-state index contributed by atoms with van der Waals surface area (Å²) in [5.74, 6) is -0.394. The van der Waals surface area contributed by atoms with E-state index in [1.54, 1.807) is 56.3 Å². The molecule has 0 unspecified atom stereocenters. The van der Waals surface area contributed by atoms with Gasteiger partial charge in [0, 0.05) is 19.2 Å². The zero-order valence-corrected chi connectivity index (χ0v) is 26.5. The molecule has 0 heterocycles. The molecule has 0 bridgehead atoms. The van der Waals surface area contributed by atoms with Crippen molar-refractivity contribution < 1.29 is 27.5 Å². The van der Waals surface area contributed by atoms with Gasteiger partial charge in [0.15, 0.2) is 0 Å². The Hall–Kier alpha value is -3.47. The number of methoxy groups -OCH3 is 2. The normalized spacial score (nSPS) is 11.9. The number of nitrogens with one attached hydrogen (secondary N) is 1. The predicted octanol–water partition coefficient (Wildman–Crippen LogP) is 5.46. The van der Waals surface area contributed by atoms with Gasteiger partial charge in [0.2, 0.25) is 11.8 Å². The summed E-state index contributed by atoms with van der Waals surface area (Å²) in [7, 11) is -1.44. The third-order valence-corrected chi connectivity index (χ3v) is 9.13. The number of nitrogens with zero attached hydrogens (tertiary/aromatic N) is 2. The quantitative estimate of drug-likeness (QED) is 0.267. The van der Waals surface area contributed by atoms with Crippen molar-refractivity contribution in [2.75, 3.05) is 31.6 Å². The first-order chi connectivity index (χ1) is 20.0. The van der Waals surface area contributed by atoms with Gasteiger partial charge in [-0.05, 0) is 62.2 Å². The zero-order chi connectivity index (χ0) is 31.0. The van der Waals surface area contributed by atoms with Gasteiger partial charge >= 0.3 is 0 Å². The van der Waals surface area contributed by atoms with Gasteiger partial charge in [-0.2, -0.15) is 0 Å². The Labute approximate surface area is 257 Å². The van der Waals surface area contributed by atoms with Crippen LogP contribution >= 0.6 is 23.2 Å². The Kier molecular flexibility index (Phi) is 11.5. The summed E-state index contributed by atoms with van der Waals surface area (Å²) >= 11 is 12.3. The van der Waals surface area contributed by atoms with E-state index in [0.717, 1.165) is 9.87 Å². The molecule has 0 fully saturated rings. The molecule has 42 heavy (non-hydrogen) atoms. The Morgan fingerprint density at radius 1 is 0.929 bits per heavy atom. The van der Waals surface area contributed by atoms with E-state index in [2.05, 4.69) is 5.32 Å². The van der Waals surface area contributed by atoms with Gasteiger partial charge in [-0.15, -0.1) is 0 Å². The van der Waals surface area contributed by atoms with E-state index < -0.39 is 28.5 Å². The molecule has 3 rings (SSSR count). The van der Waals surface area contributed by atoms with E-state index in [1.807, 2.05) is 6.92 Å². The van der Waals surface area contributed by atoms with E-state index in [4.69, 9.17) is 32.7 Å². The second-order valence-corrected chi connectivity index (χ2v) is 12.1. The van der Waals surface area contributed by atoms with Crippen LogP contribution in [-0.2, 0) is 26.2 Å². The second kappa shape index (κ2) is 14.6. The topological polar surface area (TPSA) is 105 Å². The molecule has 0 saturated carbocycles. The van der Waals surface area contributed by atoms with Gasteiger partial charge in [0.05, 0.1) is 34.8 Å². The number of likely N-dealkylation sites (N-methyl/N-ethyl adjacent to an activating group) is 1. The number of hydrogen-bond acceptors (Lipinski definition) is 6. The minimum Gasteiger partial charge on any atom is -0.497 e. The van der Waals surface area contributed by atoms with Gasteiger partial charge in [0.1, 0.15) is 24.1 Å². The number of benzene rings is 3. The number of sulfonamides is 1. The fourth-order valence-electron chi connectivity index (χ4n) is 4.39. The number of hydrogen-bond donors (Lipinski definition) is 1. The number of rotatable bonds is 13. The predicted molar refractivity (Wildman–Crippen MR) is 165 cm³/mol. The summed E-state index contributed by atoms with van der Waals surface area (Å²) < 4.78 is 40.1. The van der Waals surface area contributed by atoms with Gasteiger partial charge in [0.25, 0.3) is 10.0 Å². The molecule has 3 aromatic rings. The third-order valence-electron chi connectivity index (χ3n) is 6.62. The molecule has 0 aliphatic rings. The molecule has 12 heteroatoms. The Bertz CT molecular complexity index is 1520. The van der Waals surface area contributed by atoms with Crippen LogP contribution in [0.4, 0.5) is 5.69 Å². The van der Waals surface area contributed by atoms with E-state index in [9.17, 15) is 18.0 Å². The molecule has 3 aromatic carbocycles. The van der Waals surface area contributed by atoms with Crippen LogP contribution in [0.15, 0.2) is 65.6 Å². The van der Waals surface area contributed by atoms with E-state index in [-0.39, 0.29) is 40.2 Å². The fraction of sp³-hybridized carbons (Fsp3) is 0.333. The second-order valence-electron chi connectivity index (χ2n) is 9.45. The van der Waals surface area contributed by atoms with Crippen LogP contribution in [0.2, 0.25) is 10.0 Å². The van der Waals surface area contributed by atoms with Crippen LogP contribution in [-0.4, -0.2) is 58.5 Å². The van der Waals surface area contributed by atoms with Gasteiger partial charge in [-0.3, -0.25) is 13.9 Å². The molecule has 0 spiro atoms. The lowest BCUT2D eigenvalue weighted by atomic mass is 10.1. The maximum atomic E-state index is 14.2. The molecule has 0 aromatic heterocycles. The highest BCUT2D eigenvalue weighted by atomic mass is 35.5. The Morgan fingerprint density at radius 2 is 1.62 bits per heavy atom. The largest absolute Gasteiger partial charge is 0.497 e. The molecule has 0 aliphatic carbocycles. The maximum absolute atomic E-state index is 14.2. The van der Waals surface area contributed by atoms with Crippen LogP contribution in [0, 0.1) is 6.92 Å². The average Bonchev–Trinajstić information content (AvgIpc) is 2.97. The number of halogens is 2.